The second kappa shape index (κ2) is 13.3. The highest BCUT2D eigenvalue weighted by Crippen LogP contribution is 2.36. The van der Waals surface area contributed by atoms with Gasteiger partial charge in [0.1, 0.15) is 11.4 Å². The summed E-state index contributed by atoms with van der Waals surface area (Å²) >= 11 is 0. The summed E-state index contributed by atoms with van der Waals surface area (Å²) in [4.78, 5) is 35.3. The molecule has 12 heteroatoms. The van der Waals surface area contributed by atoms with Gasteiger partial charge in [0, 0.05) is 42.6 Å². The lowest BCUT2D eigenvalue weighted by molar-refractivity contribution is -0.137. The molecule has 3 atom stereocenters. The third-order valence-electron chi connectivity index (χ3n) is 7.14. The van der Waals surface area contributed by atoms with E-state index < -0.39 is 23.7 Å². The number of hydrogen-bond acceptors (Lipinski definition) is 7. The Balaban J connectivity index is 0.00000441. The summed E-state index contributed by atoms with van der Waals surface area (Å²) in [6.45, 7) is 6.28. The van der Waals surface area contributed by atoms with Crippen LogP contribution in [0.5, 0.6) is 0 Å². The summed E-state index contributed by atoms with van der Waals surface area (Å²) in [5.41, 5.74) is 0.00252. The number of carbonyl (C=O) groups is 2. The Kier molecular flexibility index (Phi) is 10.3. The van der Waals surface area contributed by atoms with Gasteiger partial charge < -0.3 is 26.2 Å². The topological polar surface area (TPSA) is 111 Å². The minimum absolute atomic E-state index is 0. The van der Waals surface area contributed by atoms with Gasteiger partial charge in [-0.25, -0.2) is 4.98 Å². The number of amides is 2. The van der Waals surface area contributed by atoms with Crippen LogP contribution < -0.4 is 21.3 Å². The van der Waals surface area contributed by atoms with Crippen molar-refractivity contribution in [1.29, 1.82) is 0 Å². The summed E-state index contributed by atoms with van der Waals surface area (Å²) in [6, 6.07) is 6.03. The lowest BCUT2D eigenvalue weighted by atomic mass is 10.0. The predicted octanol–water partition coefficient (Wildman–Crippen LogP) is 4.66. The highest BCUT2D eigenvalue weighted by atomic mass is 19.4. The maximum absolute atomic E-state index is 13.7. The first-order valence-corrected chi connectivity index (χ1v) is 13.3. The van der Waals surface area contributed by atoms with Crippen molar-refractivity contribution in [1.82, 2.24) is 25.5 Å². The third kappa shape index (κ3) is 8.06. The van der Waals surface area contributed by atoms with Gasteiger partial charge in [-0.3, -0.25) is 9.59 Å². The number of anilines is 3. The highest BCUT2D eigenvalue weighted by molar-refractivity contribution is 5.94. The van der Waals surface area contributed by atoms with E-state index in [2.05, 4.69) is 43.2 Å². The standard InChI is InChI=1S/C27H36F3N7O2.CH4/c1-16(2)33-25(39)20-5-4-6-22(20)35-23-21(27(28,29)30)14-32-26(36-23)34-19-9-7-18(8-10-19)24(38)31-13-17-11-12-37(3)15-17;/h7-10,14,16-17,20,22H,4-6,11-13,15H2,1-3H3,(H,31,38)(H,33,39)(H2,32,34,35,36);1H4/t17?,20-,22+;/m0./s1. The van der Waals surface area contributed by atoms with Gasteiger partial charge in [0.25, 0.3) is 5.91 Å². The lowest BCUT2D eigenvalue weighted by Crippen LogP contribution is -2.41. The molecule has 1 aromatic heterocycles. The average molecular weight is 564 g/mol. The minimum atomic E-state index is -4.67. The summed E-state index contributed by atoms with van der Waals surface area (Å²) in [5.74, 6) is -0.782. The van der Waals surface area contributed by atoms with Gasteiger partial charge in [0.2, 0.25) is 11.9 Å². The molecule has 1 unspecified atom stereocenters. The molecule has 1 saturated carbocycles. The molecule has 2 fully saturated rings. The van der Waals surface area contributed by atoms with Crippen molar-refractivity contribution in [2.75, 3.05) is 37.3 Å². The van der Waals surface area contributed by atoms with Gasteiger partial charge in [-0.2, -0.15) is 18.2 Å². The zero-order chi connectivity index (χ0) is 28.2. The Bertz CT molecular complexity index is 1160. The van der Waals surface area contributed by atoms with Crippen LogP contribution in [-0.4, -0.2) is 65.4 Å². The van der Waals surface area contributed by atoms with Crippen molar-refractivity contribution in [2.45, 2.75) is 65.2 Å². The Morgan fingerprint density at radius 3 is 2.48 bits per heavy atom. The molecule has 0 spiro atoms. The number of nitrogens with one attached hydrogen (secondary N) is 4. The molecule has 1 aliphatic carbocycles. The van der Waals surface area contributed by atoms with Crippen molar-refractivity contribution >= 4 is 29.3 Å². The second-order valence-corrected chi connectivity index (χ2v) is 10.7. The van der Waals surface area contributed by atoms with E-state index in [4.69, 9.17) is 0 Å². The van der Waals surface area contributed by atoms with Gasteiger partial charge in [-0.1, -0.05) is 13.8 Å². The quantitative estimate of drug-likeness (QED) is 0.351. The molecular formula is C28H40F3N7O2. The van der Waals surface area contributed by atoms with Crippen molar-refractivity contribution in [2.24, 2.45) is 11.8 Å². The number of alkyl halides is 3. The van der Waals surface area contributed by atoms with E-state index in [0.717, 1.165) is 32.1 Å². The van der Waals surface area contributed by atoms with Crippen molar-refractivity contribution < 1.29 is 22.8 Å². The molecule has 220 valence electrons. The molecule has 1 aromatic carbocycles. The fourth-order valence-electron chi connectivity index (χ4n) is 5.14. The molecule has 4 N–H and O–H groups in total. The molecule has 2 aliphatic rings. The molecule has 0 bridgehead atoms. The fraction of sp³-hybridized carbons (Fsp3) is 0.571. The van der Waals surface area contributed by atoms with Crippen LogP contribution in [0, 0.1) is 11.8 Å². The molecular weight excluding hydrogens is 523 g/mol. The first-order valence-electron chi connectivity index (χ1n) is 13.3. The van der Waals surface area contributed by atoms with Gasteiger partial charge in [0.05, 0.1) is 5.92 Å². The van der Waals surface area contributed by atoms with E-state index in [0.29, 0.717) is 36.6 Å². The van der Waals surface area contributed by atoms with Crippen LogP contribution in [0.25, 0.3) is 0 Å². The predicted molar refractivity (Wildman–Crippen MR) is 149 cm³/mol. The zero-order valence-corrected chi connectivity index (χ0v) is 22.4. The Morgan fingerprint density at radius 1 is 1.12 bits per heavy atom. The molecule has 9 nitrogen and oxygen atoms in total. The normalized spacial score (nSPS) is 21.1. The molecule has 2 heterocycles. The van der Waals surface area contributed by atoms with Gasteiger partial charge in [-0.05, 0) is 76.9 Å². The molecule has 4 rings (SSSR count). The maximum Gasteiger partial charge on any atom is 0.421 e. The van der Waals surface area contributed by atoms with Crippen LogP contribution in [0.4, 0.5) is 30.6 Å². The molecule has 2 amide bonds. The van der Waals surface area contributed by atoms with E-state index in [1.165, 1.54) is 0 Å². The van der Waals surface area contributed by atoms with Crippen LogP contribution in [0.15, 0.2) is 30.5 Å². The number of aromatic nitrogens is 2. The monoisotopic (exact) mass is 563 g/mol. The first kappa shape index (κ1) is 31.1. The first-order chi connectivity index (χ1) is 18.5. The largest absolute Gasteiger partial charge is 0.421 e. The molecule has 1 saturated heterocycles. The van der Waals surface area contributed by atoms with Gasteiger partial charge in [-0.15, -0.1) is 0 Å². The van der Waals surface area contributed by atoms with Gasteiger partial charge in [0.15, 0.2) is 0 Å². The maximum atomic E-state index is 13.7. The number of halogens is 3. The summed E-state index contributed by atoms with van der Waals surface area (Å²) in [7, 11) is 2.06. The summed E-state index contributed by atoms with van der Waals surface area (Å²) in [5, 5.41) is 11.6. The average Bonchev–Trinajstić information content (AvgIpc) is 3.50. The van der Waals surface area contributed by atoms with Crippen LogP contribution >= 0.6 is 0 Å². The zero-order valence-electron chi connectivity index (χ0n) is 22.4. The third-order valence-corrected chi connectivity index (χ3v) is 7.14. The van der Waals surface area contributed by atoms with Crippen LogP contribution in [0.1, 0.15) is 62.9 Å². The lowest BCUT2D eigenvalue weighted by Gasteiger charge is -2.24. The molecule has 1 aliphatic heterocycles. The number of likely N-dealkylation sites (tertiary alicyclic amines) is 1. The number of carbonyl (C=O) groups excluding carboxylic acids is 2. The fourth-order valence-corrected chi connectivity index (χ4v) is 5.14. The van der Waals surface area contributed by atoms with Crippen molar-refractivity contribution in [3.05, 3.63) is 41.6 Å². The smallest absolute Gasteiger partial charge is 0.366 e. The SMILES string of the molecule is C.CC(C)NC(=O)[C@H]1CCC[C@H]1Nc1nc(Nc2ccc(C(=O)NCC3CCN(C)C3)cc2)ncc1C(F)(F)F. The number of nitrogens with zero attached hydrogens (tertiary/aromatic N) is 3. The molecule has 0 radical (unpaired) electrons. The van der Waals surface area contributed by atoms with Crippen LogP contribution in [0.3, 0.4) is 0 Å². The molecule has 2 aromatic rings. The highest BCUT2D eigenvalue weighted by Gasteiger charge is 2.39. The van der Waals surface area contributed by atoms with E-state index in [1.807, 2.05) is 13.8 Å². The Morgan fingerprint density at radius 2 is 1.85 bits per heavy atom. The Hall–Kier alpha value is -3.41. The minimum Gasteiger partial charge on any atom is -0.366 e. The Labute approximate surface area is 233 Å². The number of benzene rings is 1. The van der Waals surface area contributed by atoms with Crippen molar-refractivity contribution in [3.63, 3.8) is 0 Å². The van der Waals surface area contributed by atoms with E-state index in [-0.39, 0.29) is 37.0 Å². The van der Waals surface area contributed by atoms with Gasteiger partial charge >= 0.3 is 6.18 Å². The summed E-state index contributed by atoms with van der Waals surface area (Å²) in [6.07, 6.45) is -1.01. The van der Waals surface area contributed by atoms with E-state index in [9.17, 15) is 22.8 Å². The van der Waals surface area contributed by atoms with Crippen LogP contribution in [-0.2, 0) is 11.0 Å². The number of hydrogen-bond donors (Lipinski definition) is 4. The van der Waals surface area contributed by atoms with E-state index in [1.54, 1.807) is 24.3 Å². The number of rotatable bonds is 9. The summed E-state index contributed by atoms with van der Waals surface area (Å²) < 4.78 is 41.2. The van der Waals surface area contributed by atoms with Crippen LogP contribution in [0.2, 0.25) is 0 Å². The second-order valence-electron chi connectivity index (χ2n) is 10.7. The molecule has 40 heavy (non-hydrogen) atoms. The van der Waals surface area contributed by atoms with Crippen molar-refractivity contribution in [3.8, 4) is 0 Å². The van der Waals surface area contributed by atoms with E-state index >= 15 is 0 Å².